The van der Waals surface area contributed by atoms with Crippen LogP contribution in [0.15, 0.2) is 24.3 Å². The number of rotatable bonds is 3. The molecule has 3 N–H and O–H groups in total. The molecule has 4 nitrogen and oxygen atoms in total. The fourth-order valence-corrected chi connectivity index (χ4v) is 1.54. The van der Waals surface area contributed by atoms with Crippen LogP contribution in [0.1, 0.15) is 12.8 Å². The number of nitrogens with one attached hydrogen (secondary N) is 1. The zero-order chi connectivity index (χ0) is 10.9. The van der Waals surface area contributed by atoms with Crippen molar-refractivity contribution in [2.45, 2.75) is 18.4 Å². The summed E-state index contributed by atoms with van der Waals surface area (Å²) >= 11 is 0. The summed E-state index contributed by atoms with van der Waals surface area (Å²) in [7, 11) is 1.41. The van der Waals surface area contributed by atoms with Gasteiger partial charge in [-0.25, -0.2) is 4.79 Å². The molecule has 0 spiro atoms. The van der Waals surface area contributed by atoms with Gasteiger partial charge in [-0.1, -0.05) is 0 Å². The molecule has 1 aliphatic carbocycles. The van der Waals surface area contributed by atoms with Crippen LogP contribution in [-0.2, 0) is 9.53 Å². The van der Waals surface area contributed by atoms with Gasteiger partial charge in [0.05, 0.1) is 7.11 Å². The van der Waals surface area contributed by atoms with Crippen molar-refractivity contribution in [2.24, 2.45) is 0 Å². The first-order valence-corrected chi connectivity index (χ1v) is 4.88. The Kier molecular flexibility index (Phi) is 2.26. The molecular weight excluding hydrogens is 192 g/mol. The summed E-state index contributed by atoms with van der Waals surface area (Å²) in [5.74, 6) is -0.195. The number of methoxy groups -OCH3 is 1. The highest BCUT2D eigenvalue weighted by Gasteiger charge is 2.51. The molecule has 0 atom stereocenters. The number of nitrogen functional groups attached to an aromatic ring is 1. The molecular formula is C11H14N2O2. The summed E-state index contributed by atoms with van der Waals surface area (Å²) in [6.07, 6.45) is 1.65. The van der Waals surface area contributed by atoms with Gasteiger partial charge in [0.15, 0.2) is 0 Å². The van der Waals surface area contributed by atoms with Crippen molar-refractivity contribution >= 4 is 17.3 Å². The Morgan fingerprint density at radius 1 is 1.40 bits per heavy atom. The number of anilines is 2. The molecule has 1 saturated carbocycles. The van der Waals surface area contributed by atoms with E-state index in [1.165, 1.54) is 7.11 Å². The second-order valence-electron chi connectivity index (χ2n) is 3.82. The molecule has 80 valence electrons. The summed E-state index contributed by atoms with van der Waals surface area (Å²) in [5, 5.41) is 3.18. The summed E-state index contributed by atoms with van der Waals surface area (Å²) in [5.41, 5.74) is 6.68. The predicted molar refractivity (Wildman–Crippen MR) is 58.5 cm³/mol. The van der Waals surface area contributed by atoms with Gasteiger partial charge in [0.1, 0.15) is 5.54 Å². The van der Waals surface area contributed by atoms with Gasteiger partial charge >= 0.3 is 5.97 Å². The van der Waals surface area contributed by atoms with Gasteiger partial charge in [0, 0.05) is 11.4 Å². The molecule has 0 bridgehead atoms. The number of nitrogens with two attached hydrogens (primary N) is 1. The van der Waals surface area contributed by atoms with E-state index in [9.17, 15) is 4.79 Å². The first-order valence-electron chi connectivity index (χ1n) is 4.88. The maximum absolute atomic E-state index is 11.5. The molecule has 15 heavy (non-hydrogen) atoms. The highest BCUT2D eigenvalue weighted by molar-refractivity contribution is 5.88. The fourth-order valence-electron chi connectivity index (χ4n) is 1.54. The smallest absolute Gasteiger partial charge is 0.331 e. The third-order valence-electron chi connectivity index (χ3n) is 2.62. The van der Waals surface area contributed by atoms with E-state index >= 15 is 0 Å². The monoisotopic (exact) mass is 206 g/mol. The predicted octanol–water partition coefficient (Wildman–Crippen LogP) is 1.39. The minimum Gasteiger partial charge on any atom is -0.467 e. The normalized spacial score (nSPS) is 16.9. The van der Waals surface area contributed by atoms with Crippen LogP contribution in [0.5, 0.6) is 0 Å². The van der Waals surface area contributed by atoms with Crippen LogP contribution in [0.25, 0.3) is 0 Å². The Balaban J connectivity index is 2.09. The van der Waals surface area contributed by atoms with E-state index < -0.39 is 5.54 Å². The average molecular weight is 206 g/mol. The highest BCUT2D eigenvalue weighted by atomic mass is 16.5. The minimum atomic E-state index is -0.495. The molecule has 0 heterocycles. The number of hydrogen-bond acceptors (Lipinski definition) is 4. The Hall–Kier alpha value is -1.71. The van der Waals surface area contributed by atoms with Crippen molar-refractivity contribution in [2.75, 3.05) is 18.2 Å². The summed E-state index contributed by atoms with van der Waals surface area (Å²) in [6.45, 7) is 0. The number of carbonyl (C=O) groups is 1. The Bertz CT molecular complexity index is 369. The number of esters is 1. The summed E-state index contributed by atoms with van der Waals surface area (Å²) in [6, 6.07) is 7.32. The SMILES string of the molecule is COC(=O)C1(Nc2ccc(N)cc2)CC1. The Morgan fingerprint density at radius 3 is 2.47 bits per heavy atom. The lowest BCUT2D eigenvalue weighted by Crippen LogP contribution is -2.32. The highest BCUT2D eigenvalue weighted by Crippen LogP contribution is 2.40. The van der Waals surface area contributed by atoms with Crippen LogP contribution in [0.3, 0.4) is 0 Å². The number of hydrogen-bond donors (Lipinski definition) is 2. The van der Waals surface area contributed by atoms with Crippen LogP contribution in [-0.4, -0.2) is 18.6 Å². The van der Waals surface area contributed by atoms with Crippen LogP contribution >= 0.6 is 0 Å². The van der Waals surface area contributed by atoms with E-state index in [2.05, 4.69) is 5.32 Å². The molecule has 2 rings (SSSR count). The standard InChI is InChI=1S/C11H14N2O2/c1-15-10(14)11(6-7-11)13-9-4-2-8(12)3-5-9/h2-5,13H,6-7,12H2,1H3. The summed E-state index contributed by atoms with van der Waals surface area (Å²) in [4.78, 5) is 11.5. The topological polar surface area (TPSA) is 64.3 Å². The molecule has 0 unspecified atom stereocenters. The minimum absolute atomic E-state index is 0.195. The molecule has 1 fully saturated rings. The van der Waals surface area contributed by atoms with E-state index in [4.69, 9.17) is 10.5 Å². The lowest BCUT2D eigenvalue weighted by atomic mass is 10.2. The molecule has 0 aromatic heterocycles. The van der Waals surface area contributed by atoms with Crippen molar-refractivity contribution in [3.8, 4) is 0 Å². The van der Waals surface area contributed by atoms with Crippen molar-refractivity contribution < 1.29 is 9.53 Å². The molecule has 0 aliphatic heterocycles. The lowest BCUT2D eigenvalue weighted by Gasteiger charge is -2.16. The van der Waals surface area contributed by atoms with E-state index in [1.807, 2.05) is 12.1 Å². The van der Waals surface area contributed by atoms with Crippen LogP contribution in [0.2, 0.25) is 0 Å². The lowest BCUT2D eigenvalue weighted by molar-refractivity contribution is -0.142. The quantitative estimate of drug-likeness (QED) is 0.579. The molecule has 1 aromatic rings. The van der Waals surface area contributed by atoms with Crippen molar-refractivity contribution in [3.63, 3.8) is 0 Å². The van der Waals surface area contributed by atoms with Crippen LogP contribution < -0.4 is 11.1 Å². The molecule has 0 saturated heterocycles. The molecule has 4 heteroatoms. The third-order valence-corrected chi connectivity index (χ3v) is 2.62. The average Bonchev–Trinajstić information content (AvgIpc) is 3.01. The number of benzene rings is 1. The molecule has 1 aliphatic rings. The van der Waals surface area contributed by atoms with E-state index in [-0.39, 0.29) is 5.97 Å². The van der Waals surface area contributed by atoms with Crippen molar-refractivity contribution in [3.05, 3.63) is 24.3 Å². The maximum Gasteiger partial charge on any atom is 0.331 e. The zero-order valence-corrected chi connectivity index (χ0v) is 8.62. The zero-order valence-electron chi connectivity index (χ0n) is 8.62. The van der Waals surface area contributed by atoms with Gasteiger partial charge in [-0.3, -0.25) is 0 Å². The first kappa shape index (κ1) is 9.83. The van der Waals surface area contributed by atoms with Crippen LogP contribution in [0.4, 0.5) is 11.4 Å². The van der Waals surface area contributed by atoms with Gasteiger partial charge in [-0.15, -0.1) is 0 Å². The second-order valence-corrected chi connectivity index (χ2v) is 3.82. The molecule has 1 aromatic carbocycles. The number of ether oxygens (including phenoxy) is 1. The van der Waals surface area contributed by atoms with Crippen molar-refractivity contribution in [1.29, 1.82) is 0 Å². The molecule has 0 amide bonds. The van der Waals surface area contributed by atoms with E-state index in [1.54, 1.807) is 12.1 Å². The molecule has 0 radical (unpaired) electrons. The van der Waals surface area contributed by atoms with Gasteiger partial charge in [0.25, 0.3) is 0 Å². The van der Waals surface area contributed by atoms with Crippen molar-refractivity contribution in [1.82, 2.24) is 0 Å². The Labute approximate surface area is 88.4 Å². The van der Waals surface area contributed by atoms with E-state index in [0.717, 1.165) is 18.5 Å². The first-order chi connectivity index (χ1) is 7.16. The van der Waals surface area contributed by atoms with Gasteiger partial charge in [-0.05, 0) is 37.1 Å². The summed E-state index contributed by atoms with van der Waals surface area (Å²) < 4.78 is 4.75. The van der Waals surface area contributed by atoms with Gasteiger partial charge in [-0.2, -0.15) is 0 Å². The Morgan fingerprint density at radius 2 is 2.00 bits per heavy atom. The largest absolute Gasteiger partial charge is 0.467 e. The van der Waals surface area contributed by atoms with E-state index in [0.29, 0.717) is 5.69 Å². The van der Waals surface area contributed by atoms with Gasteiger partial charge in [0.2, 0.25) is 0 Å². The van der Waals surface area contributed by atoms with Gasteiger partial charge < -0.3 is 15.8 Å². The third kappa shape index (κ3) is 1.88. The second kappa shape index (κ2) is 3.46. The fraction of sp³-hybridized carbons (Fsp3) is 0.364. The van der Waals surface area contributed by atoms with Crippen LogP contribution in [0, 0.1) is 0 Å². The maximum atomic E-state index is 11.5. The number of carbonyl (C=O) groups excluding carboxylic acids is 1.